The fourth-order valence-corrected chi connectivity index (χ4v) is 1.61. The van der Waals surface area contributed by atoms with Crippen LogP contribution in [0.3, 0.4) is 0 Å². The van der Waals surface area contributed by atoms with E-state index in [1.54, 1.807) is 12.1 Å². The molecule has 0 spiro atoms. The normalized spacial score (nSPS) is 12.7. The minimum atomic E-state index is 0.300. The van der Waals surface area contributed by atoms with Gasteiger partial charge in [-0.15, -0.1) is 0 Å². The molecule has 1 rings (SSSR count). The van der Waals surface area contributed by atoms with Gasteiger partial charge < -0.3 is 10.4 Å². The van der Waals surface area contributed by atoms with E-state index in [0.29, 0.717) is 11.8 Å². The van der Waals surface area contributed by atoms with Gasteiger partial charge in [0, 0.05) is 18.3 Å². The first kappa shape index (κ1) is 11.4. The third-order valence-electron chi connectivity index (χ3n) is 2.13. The van der Waals surface area contributed by atoms with Gasteiger partial charge in [-0.1, -0.05) is 12.1 Å². The van der Waals surface area contributed by atoms with Crippen LogP contribution in [0.1, 0.15) is 18.5 Å². The molecular weight excluding hydrogens is 194 g/mol. The highest BCUT2D eigenvalue weighted by molar-refractivity contribution is 7.98. The zero-order chi connectivity index (χ0) is 10.4. The zero-order valence-electron chi connectivity index (χ0n) is 8.66. The van der Waals surface area contributed by atoms with Crippen LogP contribution in [0.4, 0.5) is 0 Å². The van der Waals surface area contributed by atoms with E-state index in [2.05, 4.69) is 18.5 Å². The minimum absolute atomic E-state index is 0.300. The summed E-state index contributed by atoms with van der Waals surface area (Å²) in [6, 6.07) is 7.69. The van der Waals surface area contributed by atoms with Crippen molar-refractivity contribution in [3.63, 3.8) is 0 Å². The molecule has 0 aromatic heterocycles. The van der Waals surface area contributed by atoms with E-state index < -0.39 is 0 Å². The van der Waals surface area contributed by atoms with Gasteiger partial charge in [0.1, 0.15) is 5.75 Å². The maximum absolute atomic E-state index is 9.30. The molecule has 2 nitrogen and oxygen atoms in total. The van der Waals surface area contributed by atoms with Crippen LogP contribution in [0.25, 0.3) is 0 Å². The van der Waals surface area contributed by atoms with Crippen molar-refractivity contribution in [2.24, 2.45) is 0 Å². The van der Waals surface area contributed by atoms with E-state index in [9.17, 15) is 5.11 Å². The summed E-state index contributed by atoms with van der Waals surface area (Å²) in [6.07, 6.45) is 2.10. The van der Waals surface area contributed by atoms with Crippen LogP contribution in [0.5, 0.6) is 5.75 Å². The fraction of sp³-hybridized carbons (Fsp3) is 0.455. The molecule has 78 valence electrons. The maximum Gasteiger partial charge on any atom is 0.115 e. The van der Waals surface area contributed by atoms with Crippen LogP contribution in [-0.4, -0.2) is 23.7 Å². The molecule has 2 N–H and O–H groups in total. The number of benzene rings is 1. The Hall–Kier alpha value is -0.670. The van der Waals surface area contributed by atoms with Gasteiger partial charge in [-0.05, 0) is 30.9 Å². The summed E-state index contributed by atoms with van der Waals surface area (Å²) in [4.78, 5) is 0. The molecule has 0 aliphatic carbocycles. The average molecular weight is 211 g/mol. The quantitative estimate of drug-likeness (QED) is 0.734. The SMILES string of the molecule is CSCCNC(C)c1cccc(O)c1. The predicted molar refractivity (Wildman–Crippen MR) is 62.9 cm³/mol. The summed E-state index contributed by atoms with van der Waals surface area (Å²) in [5, 5.41) is 12.7. The Morgan fingerprint density at radius 3 is 2.93 bits per heavy atom. The smallest absolute Gasteiger partial charge is 0.115 e. The van der Waals surface area contributed by atoms with Crippen molar-refractivity contribution < 1.29 is 5.11 Å². The van der Waals surface area contributed by atoms with Gasteiger partial charge in [-0.3, -0.25) is 0 Å². The molecule has 0 bridgehead atoms. The van der Waals surface area contributed by atoms with Crippen molar-refractivity contribution in [1.29, 1.82) is 0 Å². The molecule has 0 heterocycles. The van der Waals surface area contributed by atoms with E-state index in [1.807, 2.05) is 23.9 Å². The van der Waals surface area contributed by atoms with Gasteiger partial charge in [0.15, 0.2) is 0 Å². The number of rotatable bonds is 5. The largest absolute Gasteiger partial charge is 0.508 e. The van der Waals surface area contributed by atoms with Gasteiger partial charge in [0.2, 0.25) is 0 Å². The number of hydrogen-bond donors (Lipinski definition) is 2. The highest BCUT2D eigenvalue weighted by Gasteiger charge is 2.03. The topological polar surface area (TPSA) is 32.3 Å². The van der Waals surface area contributed by atoms with Gasteiger partial charge in [0.25, 0.3) is 0 Å². The van der Waals surface area contributed by atoms with Crippen LogP contribution in [0.2, 0.25) is 0 Å². The molecule has 0 aliphatic rings. The molecule has 0 fully saturated rings. The number of thioether (sulfide) groups is 1. The third kappa shape index (κ3) is 3.60. The maximum atomic E-state index is 9.30. The second kappa shape index (κ2) is 5.94. The Balaban J connectivity index is 2.47. The lowest BCUT2D eigenvalue weighted by atomic mass is 10.1. The van der Waals surface area contributed by atoms with Gasteiger partial charge in [-0.25, -0.2) is 0 Å². The van der Waals surface area contributed by atoms with Crippen molar-refractivity contribution in [2.75, 3.05) is 18.6 Å². The summed E-state index contributed by atoms with van der Waals surface area (Å²) in [5.74, 6) is 1.45. The van der Waals surface area contributed by atoms with Crippen LogP contribution < -0.4 is 5.32 Å². The Morgan fingerprint density at radius 2 is 2.29 bits per heavy atom. The highest BCUT2D eigenvalue weighted by atomic mass is 32.2. The fourth-order valence-electron chi connectivity index (χ4n) is 1.29. The van der Waals surface area contributed by atoms with Crippen LogP contribution in [0, 0.1) is 0 Å². The monoisotopic (exact) mass is 211 g/mol. The van der Waals surface area contributed by atoms with Crippen molar-refractivity contribution in [1.82, 2.24) is 5.32 Å². The average Bonchev–Trinajstić information content (AvgIpc) is 2.18. The number of aromatic hydroxyl groups is 1. The number of phenols is 1. The highest BCUT2D eigenvalue weighted by Crippen LogP contribution is 2.17. The van der Waals surface area contributed by atoms with E-state index in [0.717, 1.165) is 17.9 Å². The number of nitrogens with one attached hydrogen (secondary N) is 1. The molecule has 0 saturated carbocycles. The summed E-state index contributed by atoms with van der Waals surface area (Å²) in [5.41, 5.74) is 1.13. The molecule has 0 radical (unpaired) electrons. The molecule has 14 heavy (non-hydrogen) atoms. The van der Waals surface area contributed by atoms with E-state index >= 15 is 0 Å². The first-order valence-electron chi connectivity index (χ1n) is 4.75. The first-order valence-corrected chi connectivity index (χ1v) is 6.14. The number of hydrogen-bond acceptors (Lipinski definition) is 3. The van der Waals surface area contributed by atoms with Crippen LogP contribution in [0.15, 0.2) is 24.3 Å². The second-order valence-electron chi connectivity index (χ2n) is 3.26. The zero-order valence-corrected chi connectivity index (χ0v) is 9.47. The lowest BCUT2D eigenvalue weighted by Gasteiger charge is -2.13. The minimum Gasteiger partial charge on any atom is -0.508 e. The number of phenolic OH excluding ortho intramolecular Hbond substituents is 1. The lowest BCUT2D eigenvalue weighted by Crippen LogP contribution is -2.21. The van der Waals surface area contributed by atoms with Crippen molar-refractivity contribution in [3.05, 3.63) is 29.8 Å². The van der Waals surface area contributed by atoms with E-state index in [-0.39, 0.29) is 0 Å². The van der Waals surface area contributed by atoms with E-state index in [4.69, 9.17) is 0 Å². The van der Waals surface area contributed by atoms with Crippen molar-refractivity contribution in [2.45, 2.75) is 13.0 Å². The molecule has 0 amide bonds. The summed E-state index contributed by atoms with van der Waals surface area (Å²) in [6.45, 7) is 3.10. The van der Waals surface area contributed by atoms with Gasteiger partial charge in [-0.2, -0.15) is 11.8 Å². The van der Waals surface area contributed by atoms with Crippen molar-refractivity contribution >= 4 is 11.8 Å². The van der Waals surface area contributed by atoms with Crippen LogP contribution >= 0.6 is 11.8 Å². The summed E-state index contributed by atoms with van der Waals surface area (Å²) < 4.78 is 0. The molecular formula is C11H17NOS. The molecule has 1 atom stereocenters. The third-order valence-corrected chi connectivity index (χ3v) is 2.74. The Labute approximate surface area is 89.7 Å². The standard InChI is InChI=1S/C11H17NOS/c1-9(12-6-7-14-2)10-4-3-5-11(13)8-10/h3-5,8-9,12-13H,6-7H2,1-2H3. The molecule has 0 aliphatic heterocycles. The molecule has 0 saturated heterocycles. The Bertz CT molecular complexity index is 278. The summed E-state index contributed by atoms with van der Waals surface area (Å²) in [7, 11) is 0. The lowest BCUT2D eigenvalue weighted by molar-refractivity contribution is 0.472. The summed E-state index contributed by atoms with van der Waals surface area (Å²) >= 11 is 1.83. The second-order valence-corrected chi connectivity index (χ2v) is 4.25. The van der Waals surface area contributed by atoms with Gasteiger partial charge >= 0.3 is 0 Å². The molecule has 1 unspecified atom stereocenters. The predicted octanol–water partition coefficient (Wildman–Crippen LogP) is 2.41. The van der Waals surface area contributed by atoms with Crippen molar-refractivity contribution in [3.8, 4) is 5.75 Å². The van der Waals surface area contributed by atoms with Gasteiger partial charge in [0.05, 0.1) is 0 Å². The molecule has 1 aromatic carbocycles. The Kier molecular flexibility index (Phi) is 4.84. The molecule has 1 aromatic rings. The Morgan fingerprint density at radius 1 is 1.50 bits per heavy atom. The molecule has 3 heteroatoms. The first-order chi connectivity index (χ1) is 6.74. The van der Waals surface area contributed by atoms with E-state index in [1.165, 1.54) is 0 Å². The van der Waals surface area contributed by atoms with Crippen LogP contribution in [-0.2, 0) is 0 Å².